The summed E-state index contributed by atoms with van der Waals surface area (Å²) in [5, 5.41) is 6.89. The fourth-order valence-corrected chi connectivity index (χ4v) is 1.61. The molecule has 1 fully saturated rings. The molecule has 16 heavy (non-hydrogen) atoms. The number of Topliss-reactive ketones (excluding diaryl/α,β-unsaturated/α-hetero) is 1. The van der Waals surface area contributed by atoms with Crippen molar-refractivity contribution in [2.75, 3.05) is 13.1 Å². The van der Waals surface area contributed by atoms with E-state index in [9.17, 15) is 9.59 Å². The summed E-state index contributed by atoms with van der Waals surface area (Å²) in [6.07, 6.45) is 4.07. The Morgan fingerprint density at radius 3 is 2.19 bits per heavy atom. The number of ketones is 1. The molecule has 92 valence electrons. The number of carbonyl (C=O) groups excluding carboxylic acids is 2. The first-order valence-corrected chi connectivity index (χ1v) is 5.47. The average Bonchev–Trinajstić information content (AvgIpc) is 2.70. The molecule has 5 nitrogen and oxygen atoms in total. The lowest BCUT2D eigenvalue weighted by molar-refractivity contribution is -0.130. The van der Waals surface area contributed by atoms with Crippen LogP contribution in [0.2, 0.25) is 0 Å². The maximum absolute atomic E-state index is 11.4. The molecule has 0 aliphatic carbocycles. The Bertz CT molecular complexity index is 234. The Labute approximate surface area is 95.4 Å². The molecular formula is C11H19NO4. The molecule has 0 radical (unpaired) electrons. The van der Waals surface area contributed by atoms with Crippen molar-refractivity contribution in [2.45, 2.75) is 39.0 Å². The summed E-state index contributed by atoms with van der Waals surface area (Å²) in [5.41, 5.74) is 0. The highest BCUT2D eigenvalue weighted by Gasteiger charge is 2.16. The molecule has 0 saturated carbocycles. The fraction of sp³-hybridized carbons (Fsp3) is 0.727. The minimum Gasteiger partial charge on any atom is -0.483 e. The molecule has 0 atom stereocenters. The van der Waals surface area contributed by atoms with Gasteiger partial charge in [0.15, 0.2) is 0 Å². The monoisotopic (exact) mass is 229 g/mol. The first kappa shape index (κ1) is 14.6. The molecule has 0 unspecified atom stereocenters. The molecule has 0 spiro atoms. The van der Waals surface area contributed by atoms with Crippen LogP contribution in [-0.4, -0.2) is 41.3 Å². The van der Waals surface area contributed by atoms with Crippen molar-refractivity contribution in [3.8, 4) is 0 Å². The van der Waals surface area contributed by atoms with Gasteiger partial charge in [0, 0.05) is 25.9 Å². The van der Waals surface area contributed by atoms with Crippen LogP contribution in [0, 0.1) is 0 Å². The van der Waals surface area contributed by atoms with Crippen molar-refractivity contribution in [1.82, 2.24) is 4.90 Å². The lowest BCUT2D eigenvalue weighted by Crippen LogP contribution is -2.27. The van der Waals surface area contributed by atoms with Crippen molar-refractivity contribution in [3.05, 3.63) is 0 Å². The molecule has 0 aromatic carbocycles. The van der Waals surface area contributed by atoms with E-state index < -0.39 is 0 Å². The normalized spacial score (nSPS) is 13.9. The standard InChI is InChI=1S/C10H17NO2.CH2O2/c1-9(12)5-4-6-10(13)11-7-2-3-8-11;2-1-3/h2-8H2,1H3;1H,(H,2,3). The Hall–Kier alpha value is -1.39. The summed E-state index contributed by atoms with van der Waals surface area (Å²) in [6.45, 7) is 3.15. The molecular weight excluding hydrogens is 210 g/mol. The summed E-state index contributed by atoms with van der Waals surface area (Å²) in [5.74, 6) is 0.396. The van der Waals surface area contributed by atoms with Crippen molar-refractivity contribution < 1.29 is 19.5 Å². The summed E-state index contributed by atoms with van der Waals surface area (Å²) in [4.78, 5) is 32.3. The van der Waals surface area contributed by atoms with Crippen LogP contribution in [0.3, 0.4) is 0 Å². The first-order valence-electron chi connectivity index (χ1n) is 5.47. The Morgan fingerprint density at radius 2 is 1.75 bits per heavy atom. The summed E-state index contributed by atoms with van der Waals surface area (Å²) < 4.78 is 0. The lowest BCUT2D eigenvalue weighted by Gasteiger charge is -2.14. The van der Waals surface area contributed by atoms with Crippen LogP contribution < -0.4 is 0 Å². The van der Waals surface area contributed by atoms with E-state index in [0.717, 1.165) is 25.9 Å². The van der Waals surface area contributed by atoms with E-state index >= 15 is 0 Å². The van der Waals surface area contributed by atoms with Crippen LogP contribution in [0.4, 0.5) is 0 Å². The van der Waals surface area contributed by atoms with E-state index in [1.807, 2.05) is 4.90 Å². The second kappa shape index (κ2) is 8.88. The zero-order valence-corrected chi connectivity index (χ0v) is 9.65. The number of amides is 1. The quantitative estimate of drug-likeness (QED) is 0.732. The van der Waals surface area contributed by atoms with Crippen LogP contribution in [0.25, 0.3) is 0 Å². The van der Waals surface area contributed by atoms with Gasteiger partial charge in [-0.15, -0.1) is 0 Å². The third-order valence-corrected chi connectivity index (χ3v) is 2.38. The van der Waals surface area contributed by atoms with Crippen molar-refractivity contribution in [3.63, 3.8) is 0 Å². The van der Waals surface area contributed by atoms with Crippen molar-refractivity contribution in [2.24, 2.45) is 0 Å². The van der Waals surface area contributed by atoms with Gasteiger partial charge in [0.1, 0.15) is 5.78 Å². The number of rotatable bonds is 4. The van der Waals surface area contributed by atoms with Gasteiger partial charge in [-0.05, 0) is 26.2 Å². The molecule has 5 heteroatoms. The number of nitrogens with zero attached hydrogens (tertiary/aromatic N) is 1. The van der Waals surface area contributed by atoms with E-state index in [2.05, 4.69) is 0 Å². The molecule has 1 amide bonds. The van der Waals surface area contributed by atoms with Crippen molar-refractivity contribution >= 4 is 18.2 Å². The van der Waals surface area contributed by atoms with E-state index in [-0.39, 0.29) is 18.2 Å². The largest absolute Gasteiger partial charge is 0.483 e. The van der Waals surface area contributed by atoms with Crippen LogP contribution in [0.1, 0.15) is 39.0 Å². The molecule has 1 rings (SSSR count). The van der Waals surface area contributed by atoms with Gasteiger partial charge in [-0.25, -0.2) is 0 Å². The highest BCUT2D eigenvalue weighted by atomic mass is 16.3. The maximum Gasteiger partial charge on any atom is 0.290 e. The van der Waals surface area contributed by atoms with E-state index in [0.29, 0.717) is 19.3 Å². The SMILES string of the molecule is CC(=O)CCCC(=O)N1CCCC1.O=CO. The van der Waals surface area contributed by atoms with Gasteiger partial charge in [-0.1, -0.05) is 0 Å². The number of likely N-dealkylation sites (tertiary alicyclic amines) is 1. The molecule has 0 bridgehead atoms. The molecule has 1 aliphatic rings. The number of carbonyl (C=O) groups is 3. The summed E-state index contributed by atoms with van der Waals surface area (Å²) >= 11 is 0. The van der Waals surface area contributed by atoms with Gasteiger partial charge in [-0.2, -0.15) is 0 Å². The summed E-state index contributed by atoms with van der Waals surface area (Å²) in [6, 6.07) is 0. The van der Waals surface area contributed by atoms with Gasteiger partial charge >= 0.3 is 0 Å². The topological polar surface area (TPSA) is 74.7 Å². The van der Waals surface area contributed by atoms with Gasteiger partial charge in [0.2, 0.25) is 5.91 Å². The smallest absolute Gasteiger partial charge is 0.290 e. The highest BCUT2D eigenvalue weighted by molar-refractivity contribution is 5.78. The van der Waals surface area contributed by atoms with Gasteiger partial charge in [0.25, 0.3) is 6.47 Å². The third-order valence-electron chi connectivity index (χ3n) is 2.38. The van der Waals surface area contributed by atoms with E-state index in [4.69, 9.17) is 9.90 Å². The molecule has 1 aliphatic heterocycles. The minimum atomic E-state index is -0.250. The lowest BCUT2D eigenvalue weighted by atomic mass is 10.2. The highest BCUT2D eigenvalue weighted by Crippen LogP contribution is 2.10. The maximum atomic E-state index is 11.4. The minimum absolute atomic E-state index is 0.175. The van der Waals surface area contributed by atoms with Gasteiger partial charge in [0.05, 0.1) is 0 Å². The predicted molar refractivity (Wildman–Crippen MR) is 59.0 cm³/mol. The second-order valence-electron chi connectivity index (χ2n) is 3.75. The van der Waals surface area contributed by atoms with Gasteiger partial charge in [-0.3, -0.25) is 9.59 Å². The molecule has 1 N–H and O–H groups in total. The zero-order chi connectivity index (χ0) is 12.4. The van der Waals surface area contributed by atoms with Crippen LogP contribution >= 0.6 is 0 Å². The third kappa shape index (κ3) is 6.98. The van der Waals surface area contributed by atoms with Crippen LogP contribution in [0.5, 0.6) is 0 Å². The van der Waals surface area contributed by atoms with E-state index in [1.54, 1.807) is 6.92 Å². The zero-order valence-electron chi connectivity index (χ0n) is 9.65. The molecule has 0 aromatic heterocycles. The first-order chi connectivity index (χ1) is 7.61. The number of hydrogen-bond donors (Lipinski definition) is 1. The Balaban J connectivity index is 0.000000673. The van der Waals surface area contributed by atoms with Crippen LogP contribution in [0.15, 0.2) is 0 Å². The molecule has 1 saturated heterocycles. The average molecular weight is 229 g/mol. The fourth-order valence-electron chi connectivity index (χ4n) is 1.61. The predicted octanol–water partition coefficient (Wildman–Crippen LogP) is 1.07. The Morgan fingerprint density at radius 1 is 1.25 bits per heavy atom. The van der Waals surface area contributed by atoms with Gasteiger partial charge < -0.3 is 14.8 Å². The molecule has 1 heterocycles. The number of hydrogen-bond acceptors (Lipinski definition) is 3. The number of carboxylic acid groups (broad SMARTS) is 1. The van der Waals surface area contributed by atoms with Crippen molar-refractivity contribution in [1.29, 1.82) is 0 Å². The Kier molecular flexibility index (Phi) is 8.11. The summed E-state index contributed by atoms with van der Waals surface area (Å²) in [7, 11) is 0. The molecule has 0 aromatic rings. The van der Waals surface area contributed by atoms with E-state index in [1.165, 1.54) is 0 Å². The van der Waals surface area contributed by atoms with Crippen LogP contribution in [-0.2, 0) is 14.4 Å². The second-order valence-corrected chi connectivity index (χ2v) is 3.75.